The summed E-state index contributed by atoms with van der Waals surface area (Å²) in [6.07, 6.45) is 1.55. The van der Waals surface area contributed by atoms with Crippen LogP contribution in [-0.4, -0.2) is 37.3 Å². The minimum Gasteiger partial charge on any atom is -0.466 e. The van der Waals surface area contributed by atoms with Crippen molar-refractivity contribution in [2.45, 2.75) is 33.0 Å². The van der Waals surface area contributed by atoms with E-state index in [-0.39, 0.29) is 30.5 Å². The Morgan fingerprint density at radius 3 is 2.61 bits per heavy atom. The van der Waals surface area contributed by atoms with Crippen LogP contribution in [0.1, 0.15) is 32.1 Å². The lowest BCUT2D eigenvalue weighted by Crippen LogP contribution is -2.41. The summed E-state index contributed by atoms with van der Waals surface area (Å²) in [5.74, 6) is 1.49. The van der Waals surface area contributed by atoms with Crippen LogP contribution in [0.25, 0.3) is 0 Å². The topological polar surface area (TPSA) is 79.0 Å². The molecule has 2 rings (SSSR count). The number of hydrogen-bond donors (Lipinski definition) is 3. The number of rotatable bonds is 10. The molecule has 0 saturated heterocycles. The van der Waals surface area contributed by atoms with E-state index in [1.165, 1.54) is 5.56 Å². The molecule has 156 valence electrons. The van der Waals surface area contributed by atoms with Crippen molar-refractivity contribution in [1.29, 1.82) is 0 Å². The Morgan fingerprint density at radius 2 is 1.96 bits per heavy atom. The van der Waals surface area contributed by atoms with E-state index in [2.05, 4.69) is 34.7 Å². The Morgan fingerprint density at radius 1 is 1.21 bits per heavy atom. The maximum Gasteiger partial charge on any atom is 0.191 e. The van der Waals surface area contributed by atoms with Crippen molar-refractivity contribution in [2.24, 2.45) is 10.9 Å². The van der Waals surface area contributed by atoms with E-state index >= 15 is 0 Å². The normalized spacial score (nSPS) is 14.6. The average molecular weight is 501 g/mol. The minimum atomic E-state index is -1.14. The van der Waals surface area contributed by atoms with E-state index in [1.54, 1.807) is 25.3 Å². The number of ether oxygens (including phenoxy) is 1. The second kappa shape index (κ2) is 12.8. The number of aliphatic hydroxyl groups is 1. The zero-order valence-corrected chi connectivity index (χ0v) is 19.2. The Balaban J connectivity index is 0.00000392. The fourth-order valence-electron chi connectivity index (χ4n) is 2.52. The SMILES string of the molecule is CCNC(=NCC(C)(O)c1ccco1)NCC(C)COCc1ccccc1.I. The van der Waals surface area contributed by atoms with Gasteiger partial charge in [-0.05, 0) is 37.5 Å². The van der Waals surface area contributed by atoms with Crippen molar-refractivity contribution < 1.29 is 14.3 Å². The van der Waals surface area contributed by atoms with Crippen LogP contribution in [0.4, 0.5) is 0 Å². The molecule has 0 aliphatic heterocycles. The highest BCUT2D eigenvalue weighted by atomic mass is 127. The van der Waals surface area contributed by atoms with E-state index in [1.807, 2.05) is 25.1 Å². The monoisotopic (exact) mass is 501 g/mol. The number of nitrogens with one attached hydrogen (secondary N) is 2. The van der Waals surface area contributed by atoms with Crippen molar-refractivity contribution in [3.05, 3.63) is 60.1 Å². The van der Waals surface area contributed by atoms with Crippen LogP contribution in [0.3, 0.4) is 0 Å². The van der Waals surface area contributed by atoms with E-state index in [0.29, 0.717) is 30.9 Å². The maximum atomic E-state index is 10.5. The first-order valence-corrected chi connectivity index (χ1v) is 9.41. The molecule has 0 spiro atoms. The molecule has 6 nitrogen and oxygen atoms in total. The molecule has 7 heteroatoms. The van der Waals surface area contributed by atoms with Gasteiger partial charge in [0.1, 0.15) is 11.4 Å². The Labute approximate surface area is 184 Å². The van der Waals surface area contributed by atoms with Crippen molar-refractivity contribution in [2.75, 3.05) is 26.2 Å². The molecule has 0 fully saturated rings. The molecular weight excluding hydrogens is 469 g/mol. The zero-order valence-electron chi connectivity index (χ0n) is 16.9. The van der Waals surface area contributed by atoms with Gasteiger partial charge in [0.05, 0.1) is 26.0 Å². The van der Waals surface area contributed by atoms with Crippen molar-refractivity contribution in [1.82, 2.24) is 10.6 Å². The Hall–Kier alpha value is -1.58. The summed E-state index contributed by atoms with van der Waals surface area (Å²) in [4.78, 5) is 4.48. The molecule has 0 aliphatic rings. The first kappa shape index (κ1) is 24.5. The number of furan rings is 1. The Bertz CT molecular complexity index is 675. The minimum absolute atomic E-state index is 0. The van der Waals surface area contributed by atoms with Gasteiger partial charge in [0.25, 0.3) is 0 Å². The summed E-state index contributed by atoms with van der Waals surface area (Å²) in [5, 5.41) is 17.0. The van der Waals surface area contributed by atoms with Crippen molar-refractivity contribution in [3.8, 4) is 0 Å². The van der Waals surface area contributed by atoms with E-state index in [9.17, 15) is 5.11 Å². The van der Waals surface area contributed by atoms with Gasteiger partial charge >= 0.3 is 0 Å². The van der Waals surface area contributed by atoms with Gasteiger partial charge in [-0.15, -0.1) is 24.0 Å². The van der Waals surface area contributed by atoms with Crippen LogP contribution < -0.4 is 10.6 Å². The molecule has 0 aliphatic carbocycles. The lowest BCUT2D eigenvalue weighted by Gasteiger charge is -2.20. The second-order valence-electron chi connectivity index (χ2n) is 6.93. The predicted molar refractivity (Wildman–Crippen MR) is 123 cm³/mol. The molecule has 3 N–H and O–H groups in total. The van der Waals surface area contributed by atoms with E-state index in [4.69, 9.17) is 9.15 Å². The van der Waals surface area contributed by atoms with Crippen molar-refractivity contribution in [3.63, 3.8) is 0 Å². The van der Waals surface area contributed by atoms with Crippen LogP contribution in [0.2, 0.25) is 0 Å². The number of nitrogens with zero attached hydrogens (tertiary/aromatic N) is 1. The first-order valence-electron chi connectivity index (χ1n) is 9.41. The highest BCUT2D eigenvalue weighted by Gasteiger charge is 2.26. The third-order valence-electron chi connectivity index (χ3n) is 4.07. The summed E-state index contributed by atoms with van der Waals surface area (Å²) in [6.45, 7) is 8.77. The number of halogens is 1. The summed E-state index contributed by atoms with van der Waals surface area (Å²) < 4.78 is 11.1. The van der Waals surface area contributed by atoms with Gasteiger partial charge in [0, 0.05) is 13.1 Å². The van der Waals surface area contributed by atoms with Gasteiger partial charge in [0.2, 0.25) is 0 Å². The van der Waals surface area contributed by atoms with Crippen LogP contribution in [0, 0.1) is 5.92 Å². The van der Waals surface area contributed by atoms with Crippen LogP contribution in [0.15, 0.2) is 58.1 Å². The maximum absolute atomic E-state index is 10.5. The molecule has 1 aromatic heterocycles. The third kappa shape index (κ3) is 8.62. The molecule has 0 amide bonds. The quantitative estimate of drug-likeness (QED) is 0.264. The first-order chi connectivity index (χ1) is 13.0. The molecule has 28 heavy (non-hydrogen) atoms. The molecule has 2 aromatic rings. The number of aliphatic imine (C=N–C) groups is 1. The molecule has 2 atom stereocenters. The predicted octanol–water partition coefficient (Wildman–Crippen LogP) is 3.51. The number of guanidine groups is 1. The van der Waals surface area contributed by atoms with E-state index < -0.39 is 5.60 Å². The van der Waals surface area contributed by atoms with Gasteiger partial charge in [-0.25, -0.2) is 4.99 Å². The van der Waals surface area contributed by atoms with Gasteiger partial charge in [-0.3, -0.25) is 0 Å². The van der Waals surface area contributed by atoms with Gasteiger partial charge in [-0.1, -0.05) is 37.3 Å². The molecule has 1 heterocycles. The molecule has 0 saturated carbocycles. The highest BCUT2D eigenvalue weighted by molar-refractivity contribution is 14.0. The molecule has 2 unspecified atom stereocenters. The standard InChI is InChI=1S/C21H31N3O3.HI/c1-4-22-20(24-16-21(3,25)19-11-8-12-27-19)23-13-17(2)14-26-15-18-9-6-5-7-10-18;/h5-12,17,25H,4,13-16H2,1-3H3,(H2,22,23,24);1H. The molecule has 0 bridgehead atoms. The lowest BCUT2D eigenvalue weighted by atomic mass is 10.0. The lowest BCUT2D eigenvalue weighted by molar-refractivity contribution is 0.0436. The summed E-state index contributed by atoms with van der Waals surface area (Å²) >= 11 is 0. The highest BCUT2D eigenvalue weighted by Crippen LogP contribution is 2.21. The number of hydrogen-bond acceptors (Lipinski definition) is 4. The summed E-state index contributed by atoms with van der Waals surface area (Å²) in [5.41, 5.74) is 0.0312. The second-order valence-corrected chi connectivity index (χ2v) is 6.93. The van der Waals surface area contributed by atoms with Crippen LogP contribution in [0.5, 0.6) is 0 Å². The van der Waals surface area contributed by atoms with Crippen LogP contribution >= 0.6 is 24.0 Å². The summed E-state index contributed by atoms with van der Waals surface area (Å²) in [7, 11) is 0. The smallest absolute Gasteiger partial charge is 0.191 e. The molecule has 0 radical (unpaired) electrons. The van der Waals surface area contributed by atoms with Crippen LogP contribution in [-0.2, 0) is 16.9 Å². The van der Waals surface area contributed by atoms with E-state index in [0.717, 1.165) is 13.1 Å². The fraction of sp³-hybridized carbons (Fsp3) is 0.476. The summed E-state index contributed by atoms with van der Waals surface area (Å²) in [6, 6.07) is 13.7. The van der Waals surface area contributed by atoms with Crippen molar-refractivity contribution >= 4 is 29.9 Å². The average Bonchev–Trinajstić information content (AvgIpc) is 3.21. The number of benzene rings is 1. The molecular formula is C21H32IN3O3. The largest absolute Gasteiger partial charge is 0.466 e. The molecule has 1 aromatic carbocycles. The Kier molecular flexibility index (Phi) is 11.2. The van der Waals surface area contributed by atoms with Gasteiger partial charge in [-0.2, -0.15) is 0 Å². The zero-order chi connectivity index (χ0) is 19.5. The fourth-order valence-corrected chi connectivity index (χ4v) is 2.52. The third-order valence-corrected chi connectivity index (χ3v) is 4.07. The van der Waals surface area contributed by atoms with Gasteiger partial charge in [0.15, 0.2) is 5.96 Å². The van der Waals surface area contributed by atoms with Gasteiger partial charge < -0.3 is 24.9 Å².